The molecule has 0 aliphatic rings. The molecule has 0 aliphatic carbocycles. The number of ketones is 1. The number of carboxylic acids is 2. The first-order chi connectivity index (χ1) is 19.4. The standard InChI is InChI=1S/C28H51N5O8/c1-5-10-23(34)20(11-6-9-18-30-19(2)3)32-28(41)22(14-16-26(38)39)33-27(40)21(13-15-25(36)37)31-24(35)12-7-8-17-29-4/h19-22,29-30H,5-18H2,1-4H3,(H,31,35)(H,32,41)(H,33,40)(H,36,37)(H,38,39). The van der Waals surface area contributed by atoms with Crippen LogP contribution in [-0.4, -0.2) is 90.0 Å². The van der Waals surface area contributed by atoms with Gasteiger partial charge >= 0.3 is 11.9 Å². The van der Waals surface area contributed by atoms with Crippen molar-refractivity contribution in [2.45, 2.75) is 122 Å². The van der Waals surface area contributed by atoms with Gasteiger partial charge in [0.25, 0.3) is 0 Å². The second kappa shape index (κ2) is 22.6. The van der Waals surface area contributed by atoms with Crippen molar-refractivity contribution in [1.29, 1.82) is 0 Å². The van der Waals surface area contributed by atoms with E-state index in [2.05, 4.69) is 26.6 Å². The molecule has 13 nitrogen and oxygen atoms in total. The monoisotopic (exact) mass is 585 g/mol. The van der Waals surface area contributed by atoms with Crippen molar-refractivity contribution in [2.24, 2.45) is 0 Å². The minimum atomic E-state index is -1.29. The highest BCUT2D eigenvalue weighted by Crippen LogP contribution is 2.09. The van der Waals surface area contributed by atoms with Crippen molar-refractivity contribution < 1.29 is 39.0 Å². The first-order valence-corrected chi connectivity index (χ1v) is 14.7. The fourth-order valence-electron chi connectivity index (χ4n) is 4.07. The zero-order chi connectivity index (χ0) is 31.2. The SMILES string of the molecule is CCCC(=O)C(CCCCNC(C)C)NC(=O)C(CCC(=O)O)NC(=O)C(CCC(=O)O)NC(=O)CCCCNC. The number of carbonyl (C=O) groups is 6. The number of carboxylic acid groups (broad SMARTS) is 2. The summed E-state index contributed by atoms with van der Waals surface area (Å²) in [5, 5.41) is 32.3. The van der Waals surface area contributed by atoms with E-state index in [0.717, 1.165) is 19.4 Å². The average molecular weight is 586 g/mol. The smallest absolute Gasteiger partial charge is 0.303 e. The molecule has 0 spiro atoms. The highest BCUT2D eigenvalue weighted by atomic mass is 16.4. The van der Waals surface area contributed by atoms with Crippen LogP contribution in [-0.2, 0) is 28.8 Å². The van der Waals surface area contributed by atoms with Gasteiger partial charge < -0.3 is 36.8 Å². The number of rotatable bonds is 25. The van der Waals surface area contributed by atoms with E-state index in [0.29, 0.717) is 38.3 Å². The third kappa shape index (κ3) is 19.6. The topological polar surface area (TPSA) is 203 Å². The maximum Gasteiger partial charge on any atom is 0.303 e. The second-order valence-electron chi connectivity index (χ2n) is 10.5. The molecule has 0 aromatic carbocycles. The molecular weight excluding hydrogens is 534 g/mol. The van der Waals surface area contributed by atoms with Crippen molar-refractivity contribution in [3.8, 4) is 0 Å². The van der Waals surface area contributed by atoms with Crippen LogP contribution in [0.3, 0.4) is 0 Å². The molecule has 3 atom stereocenters. The minimum absolute atomic E-state index is 0.134. The molecule has 0 rings (SSSR count). The maximum atomic E-state index is 13.2. The van der Waals surface area contributed by atoms with Crippen molar-refractivity contribution >= 4 is 35.4 Å². The lowest BCUT2D eigenvalue weighted by Gasteiger charge is -2.25. The molecule has 0 aliphatic heterocycles. The van der Waals surface area contributed by atoms with Crippen molar-refractivity contribution in [1.82, 2.24) is 26.6 Å². The van der Waals surface area contributed by atoms with E-state index in [-0.39, 0.29) is 31.5 Å². The lowest BCUT2D eigenvalue weighted by molar-refractivity contribution is -0.140. The van der Waals surface area contributed by atoms with Gasteiger partial charge in [0.05, 0.1) is 6.04 Å². The van der Waals surface area contributed by atoms with E-state index in [1.54, 1.807) is 7.05 Å². The lowest BCUT2D eigenvalue weighted by Crippen LogP contribution is -2.55. The summed E-state index contributed by atoms with van der Waals surface area (Å²) >= 11 is 0. The Bertz CT molecular complexity index is 836. The molecule has 3 amide bonds. The third-order valence-corrected chi connectivity index (χ3v) is 6.33. The lowest BCUT2D eigenvalue weighted by atomic mass is 10.0. The zero-order valence-corrected chi connectivity index (χ0v) is 25.1. The van der Waals surface area contributed by atoms with E-state index >= 15 is 0 Å². The number of hydrogen-bond acceptors (Lipinski definition) is 8. The molecule has 3 unspecified atom stereocenters. The molecular formula is C28H51N5O8. The van der Waals surface area contributed by atoms with Gasteiger partial charge in [-0.1, -0.05) is 20.8 Å². The summed E-state index contributed by atoms with van der Waals surface area (Å²) in [4.78, 5) is 73.9. The van der Waals surface area contributed by atoms with Gasteiger partial charge in [0.15, 0.2) is 5.78 Å². The van der Waals surface area contributed by atoms with Crippen LogP contribution >= 0.6 is 0 Å². The number of aliphatic carboxylic acids is 2. The fraction of sp³-hybridized carbons (Fsp3) is 0.786. The van der Waals surface area contributed by atoms with Gasteiger partial charge in [-0.3, -0.25) is 28.8 Å². The summed E-state index contributed by atoms with van der Waals surface area (Å²) in [6, 6.07) is -2.98. The largest absolute Gasteiger partial charge is 0.481 e. The summed E-state index contributed by atoms with van der Waals surface area (Å²) in [5.41, 5.74) is 0. The maximum absolute atomic E-state index is 13.2. The first-order valence-electron chi connectivity index (χ1n) is 14.7. The predicted molar refractivity (Wildman–Crippen MR) is 154 cm³/mol. The number of carbonyl (C=O) groups excluding carboxylic acids is 4. The average Bonchev–Trinajstić information content (AvgIpc) is 2.89. The Kier molecular flexibility index (Phi) is 20.9. The van der Waals surface area contributed by atoms with Gasteiger partial charge in [0.1, 0.15) is 12.1 Å². The molecule has 236 valence electrons. The fourth-order valence-corrected chi connectivity index (χ4v) is 4.07. The Morgan fingerprint density at radius 3 is 1.68 bits per heavy atom. The predicted octanol–water partition coefficient (Wildman–Crippen LogP) is 1.10. The number of unbranched alkanes of at least 4 members (excludes halogenated alkanes) is 2. The van der Waals surface area contributed by atoms with Crippen molar-refractivity contribution in [3.05, 3.63) is 0 Å². The molecule has 41 heavy (non-hydrogen) atoms. The van der Waals surface area contributed by atoms with Crippen LogP contribution in [0.4, 0.5) is 0 Å². The zero-order valence-electron chi connectivity index (χ0n) is 25.1. The second-order valence-corrected chi connectivity index (χ2v) is 10.5. The van der Waals surface area contributed by atoms with Crippen LogP contribution in [0.5, 0.6) is 0 Å². The van der Waals surface area contributed by atoms with Crippen LogP contribution in [0.15, 0.2) is 0 Å². The summed E-state index contributed by atoms with van der Waals surface area (Å²) in [7, 11) is 1.79. The Labute approximate surface area is 243 Å². The van der Waals surface area contributed by atoms with Crippen molar-refractivity contribution in [3.63, 3.8) is 0 Å². The molecule has 0 saturated carbocycles. The number of nitrogens with one attached hydrogen (secondary N) is 5. The minimum Gasteiger partial charge on any atom is -0.481 e. The van der Waals surface area contributed by atoms with E-state index in [1.165, 1.54) is 0 Å². The Morgan fingerprint density at radius 1 is 0.634 bits per heavy atom. The Balaban J connectivity index is 5.55. The van der Waals surface area contributed by atoms with Crippen LogP contribution in [0.2, 0.25) is 0 Å². The summed E-state index contributed by atoms with van der Waals surface area (Å²) < 4.78 is 0. The van der Waals surface area contributed by atoms with E-state index < -0.39 is 60.6 Å². The molecule has 0 saturated heterocycles. The molecule has 7 N–H and O–H groups in total. The first kappa shape index (κ1) is 37.9. The third-order valence-electron chi connectivity index (χ3n) is 6.33. The van der Waals surface area contributed by atoms with Gasteiger partial charge in [-0.2, -0.15) is 0 Å². The highest BCUT2D eigenvalue weighted by Gasteiger charge is 2.30. The van der Waals surface area contributed by atoms with Crippen LogP contribution in [0.1, 0.15) is 97.8 Å². The summed E-state index contributed by atoms with van der Waals surface area (Å²) in [5.74, 6) is -4.42. The number of Topliss-reactive ketones (excluding diaryl/α,β-unsaturated/α-hetero) is 1. The van der Waals surface area contributed by atoms with Gasteiger partial charge in [-0.15, -0.1) is 0 Å². The summed E-state index contributed by atoms with van der Waals surface area (Å²) in [6.07, 6.45) is 2.87. The van der Waals surface area contributed by atoms with Gasteiger partial charge in [0, 0.05) is 31.7 Å². The van der Waals surface area contributed by atoms with Crippen LogP contribution in [0.25, 0.3) is 0 Å². The quantitative estimate of drug-likeness (QED) is 0.0760. The van der Waals surface area contributed by atoms with Crippen LogP contribution in [0, 0.1) is 0 Å². The number of amides is 3. The Hall–Kier alpha value is -3.06. The number of hydrogen-bond donors (Lipinski definition) is 7. The summed E-state index contributed by atoms with van der Waals surface area (Å²) in [6.45, 7) is 7.39. The highest BCUT2D eigenvalue weighted by molar-refractivity contribution is 5.95. The van der Waals surface area contributed by atoms with Gasteiger partial charge in [0.2, 0.25) is 17.7 Å². The Morgan fingerprint density at radius 2 is 1.17 bits per heavy atom. The molecule has 0 bridgehead atoms. The molecule has 0 heterocycles. The van der Waals surface area contributed by atoms with Gasteiger partial charge in [-0.05, 0) is 71.5 Å². The van der Waals surface area contributed by atoms with Crippen LogP contribution < -0.4 is 26.6 Å². The molecule has 0 aromatic heterocycles. The molecule has 0 fully saturated rings. The van der Waals surface area contributed by atoms with Crippen molar-refractivity contribution in [2.75, 3.05) is 20.1 Å². The van der Waals surface area contributed by atoms with Gasteiger partial charge in [-0.25, -0.2) is 0 Å². The van der Waals surface area contributed by atoms with E-state index in [4.69, 9.17) is 5.11 Å². The van der Waals surface area contributed by atoms with E-state index in [1.807, 2.05) is 20.8 Å². The van der Waals surface area contributed by atoms with E-state index in [9.17, 15) is 33.9 Å². The molecule has 0 aromatic rings. The molecule has 13 heteroatoms. The molecule has 0 radical (unpaired) electrons. The normalized spacial score (nSPS) is 13.2.